The van der Waals surface area contributed by atoms with Crippen molar-refractivity contribution in [2.24, 2.45) is 7.05 Å². The molecule has 0 amide bonds. The Morgan fingerprint density at radius 2 is 2.23 bits per heavy atom. The third kappa shape index (κ3) is 2.88. The van der Waals surface area contributed by atoms with Crippen molar-refractivity contribution in [3.63, 3.8) is 0 Å². The van der Waals surface area contributed by atoms with E-state index in [1.54, 1.807) is 0 Å². The summed E-state index contributed by atoms with van der Waals surface area (Å²) in [5, 5.41) is 3.54. The summed E-state index contributed by atoms with van der Waals surface area (Å²) >= 11 is 0. The Morgan fingerprint density at radius 3 is 2.69 bits per heavy atom. The van der Waals surface area contributed by atoms with Crippen LogP contribution in [0.15, 0.2) is 18.5 Å². The van der Waals surface area contributed by atoms with E-state index in [4.69, 9.17) is 0 Å². The topological polar surface area (TPSA) is 17.0 Å². The van der Waals surface area contributed by atoms with E-state index in [9.17, 15) is 0 Å². The summed E-state index contributed by atoms with van der Waals surface area (Å²) in [5.41, 5.74) is 1.40. The van der Waals surface area contributed by atoms with Crippen LogP contribution >= 0.6 is 0 Å². The van der Waals surface area contributed by atoms with Crippen molar-refractivity contribution in [2.75, 3.05) is 6.54 Å². The van der Waals surface area contributed by atoms with Gasteiger partial charge >= 0.3 is 0 Å². The van der Waals surface area contributed by atoms with Gasteiger partial charge in [0, 0.05) is 25.5 Å². The summed E-state index contributed by atoms with van der Waals surface area (Å²) in [4.78, 5) is 0. The van der Waals surface area contributed by atoms with E-state index in [-0.39, 0.29) is 0 Å². The van der Waals surface area contributed by atoms with Crippen LogP contribution in [-0.4, -0.2) is 11.1 Å². The van der Waals surface area contributed by atoms with Gasteiger partial charge < -0.3 is 9.88 Å². The molecule has 0 saturated heterocycles. The zero-order chi connectivity index (χ0) is 9.68. The van der Waals surface area contributed by atoms with Gasteiger partial charge in [-0.15, -0.1) is 0 Å². The highest BCUT2D eigenvalue weighted by atomic mass is 14.9. The normalized spacial score (nSPS) is 13.2. The molecule has 1 N–H and O–H groups in total. The van der Waals surface area contributed by atoms with Crippen LogP contribution in [0.5, 0.6) is 0 Å². The molecule has 2 nitrogen and oxygen atoms in total. The number of hydrogen-bond acceptors (Lipinski definition) is 1. The first-order chi connectivity index (χ1) is 6.27. The molecular formula is C11H20N2. The number of hydrogen-bond donors (Lipinski definition) is 1. The molecule has 0 fully saturated rings. The number of aryl methyl sites for hydroxylation is 1. The minimum absolute atomic E-state index is 0.529. The maximum absolute atomic E-state index is 3.54. The summed E-state index contributed by atoms with van der Waals surface area (Å²) in [7, 11) is 2.07. The van der Waals surface area contributed by atoms with Gasteiger partial charge in [-0.3, -0.25) is 0 Å². The number of aromatic nitrogens is 1. The number of rotatable bonds is 5. The molecule has 1 aromatic rings. The highest BCUT2D eigenvalue weighted by Crippen LogP contribution is 2.15. The summed E-state index contributed by atoms with van der Waals surface area (Å²) in [6, 6.07) is 2.72. The van der Waals surface area contributed by atoms with Crippen molar-refractivity contribution < 1.29 is 0 Å². The van der Waals surface area contributed by atoms with Crippen LogP contribution in [-0.2, 0) is 7.05 Å². The first kappa shape index (κ1) is 10.3. The smallest absolute Gasteiger partial charge is 0.0332 e. The second-order valence-electron chi connectivity index (χ2n) is 3.53. The molecule has 0 aliphatic heterocycles. The quantitative estimate of drug-likeness (QED) is 0.736. The van der Waals surface area contributed by atoms with Crippen molar-refractivity contribution in [3.8, 4) is 0 Å². The van der Waals surface area contributed by atoms with Crippen LogP contribution in [0.2, 0.25) is 0 Å². The van der Waals surface area contributed by atoms with Crippen molar-refractivity contribution in [1.82, 2.24) is 9.88 Å². The molecule has 0 aromatic carbocycles. The van der Waals surface area contributed by atoms with Crippen molar-refractivity contribution in [3.05, 3.63) is 24.0 Å². The van der Waals surface area contributed by atoms with Gasteiger partial charge in [-0.1, -0.05) is 13.8 Å². The molecule has 2 heteroatoms. The van der Waals surface area contributed by atoms with Gasteiger partial charge in [0.05, 0.1) is 0 Å². The van der Waals surface area contributed by atoms with E-state index in [1.165, 1.54) is 12.0 Å². The van der Waals surface area contributed by atoms with E-state index >= 15 is 0 Å². The molecule has 1 aromatic heterocycles. The van der Waals surface area contributed by atoms with Crippen LogP contribution < -0.4 is 5.32 Å². The average Bonchev–Trinajstić information content (AvgIpc) is 2.54. The summed E-state index contributed by atoms with van der Waals surface area (Å²) in [6.45, 7) is 5.53. The Balaban J connectivity index is 2.56. The van der Waals surface area contributed by atoms with Gasteiger partial charge in [-0.2, -0.15) is 0 Å². The molecule has 0 spiro atoms. The first-order valence-corrected chi connectivity index (χ1v) is 5.13. The molecule has 74 valence electrons. The molecule has 1 heterocycles. The van der Waals surface area contributed by atoms with E-state index in [0.29, 0.717) is 6.04 Å². The summed E-state index contributed by atoms with van der Waals surface area (Å²) in [6.07, 6.45) is 6.65. The first-order valence-electron chi connectivity index (χ1n) is 5.13. The second kappa shape index (κ2) is 5.07. The monoisotopic (exact) mass is 180 g/mol. The highest BCUT2D eigenvalue weighted by Gasteiger charge is 2.07. The van der Waals surface area contributed by atoms with Crippen molar-refractivity contribution in [1.29, 1.82) is 0 Å². The lowest BCUT2D eigenvalue weighted by Gasteiger charge is -2.14. The molecule has 1 unspecified atom stereocenters. The van der Waals surface area contributed by atoms with E-state index < -0.39 is 0 Å². The van der Waals surface area contributed by atoms with Crippen molar-refractivity contribution in [2.45, 2.75) is 32.7 Å². The lowest BCUT2D eigenvalue weighted by Crippen LogP contribution is -2.20. The zero-order valence-electron chi connectivity index (χ0n) is 8.88. The zero-order valence-corrected chi connectivity index (χ0v) is 8.88. The fourth-order valence-corrected chi connectivity index (χ4v) is 1.55. The maximum atomic E-state index is 3.54. The summed E-state index contributed by atoms with van der Waals surface area (Å²) in [5.74, 6) is 0. The Hall–Kier alpha value is -0.760. The third-order valence-corrected chi connectivity index (χ3v) is 2.31. The SMILES string of the molecule is CCCNC(CC)c1ccn(C)c1. The van der Waals surface area contributed by atoms with Crippen molar-refractivity contribution >= 4 is 0 Å². The van der Waals surface area contributed by atoms with Gasteiger partial charge in [-0.05, 0) is 31.0 Å². The second-order valence-corrected chi connectivity index (χ2v) is 3.53. The van der Waals surface area contributed by atoms with Gasteiger partial charge in [0.15, 0.2) is 0 Å². The molecule has 0 bridgehead atoms. The minimum atomic E-state index is 0.529. The molecule has 13 heavy (non-hydrogen) atoms. The molecule has 1 rings (SSSR count). The lowest BCUT2D eigenvalue weighted by atomic mass is 10.1. The van der Waals surface area contributed by atoms with E-state index in [0.717, 1.165) is 13.0 Å². The summed E-state index contributed by atoms with van der Waals surface area (Å²) < 4.78 is 2.10. The largest absolute Gasteiger partial charge is 0.357 e. The standard InChI is InChI=1S/C11H20N2/c1-4-7-12-11(5-2)10-6-8-13(3)9-10/h6,8-9,11-12H,4-5,7H2,1-3H3. The van der Waals surface area contributed by atoms with Gasteiger partial charge in [0.2, 0.25) is 0 Å². The molecule has 0 aliphatic carbocycles. The van der Waals surface area contributed by atoms with Crippen LogP contribution in [0.25, 0.3) is 0 Å². The van der Waals surface area contributed by atoms with Gasteiger partial charge in [0.25, 0.3) is 0 Å². The van der Waals surface area contributed by atoms with E-state index in [1.807, 2.05) is 0 Å². The third-order valence-electron chi connectivity index (χ3n) is 2.31. The minimum Gasteiger partial charge on any atom is -0.357 e. The van der Waals surface area contributed by atoms with Crippen LogP contribution in [0, 0.1) is 0 Å². The predicted molar refractivity (Wildman–Crippen MR) is 56.7 cm³/mol. The van der Waals surface area contributed by atoms with E-state index in [2.05, 4.69) is 49.2 Å². The Kier molecular flexibility index (Phi) is 4.03. The molecule has 0 radical (unpaired) electrons. The fourth-order valence-electron chi connectivity index (χ4n) is 1.55. The van der Waals surface area contributed by atoms with Crippen LogP contribution in [0.3, 0.4) is 0 Å². The molecular weight excluding hydrogens is 160 g/mol. The molecule has 0 saturated carbocycles. The highest BCUT2D eigenvalue weighted by molar-refractivity contribution is 5.14. The Morgan fingerprint density at radius 1 is 1.46 bits per heavy atom. The number of nitrogens with zero attached hydrogens (tertiary/aromatic N) is 1. The fraction of sp³-hybridized carbons (Fsp3) is 0.636. The maximum Gasteiger partial charge on any atom is 0.0332 e. The predicted octanol–water partition coefficient (Wildman–Crippen LogP) is 2.48. The van der Waals surface area contributed by atoms with Crippen LogP contribution in [0.1, 0.15) is 38.3 Å². The average molecular weight is 180 g/mol. The molecule has 1 atom stereocenters. The number of nitrogens with one attached hydrogen (secondary N) is 1. The molecule has 0 aliphatic rings. The van der Waals surface area contributed by atoms with Gasteiger partial charge in [0.1, 0.15) is 0 Å². The van der Waals surface area contributed by atoms with Crippen LogP contribution in [0.4, 0.5) is 0 Å². The Labute approximate surface area is 81.0 Å². The Bertz CT molecular complexity index is 240. The van der Waals surface area contributed by atoms with Gasteiger partial charge in [-0.25, -0.2) is 0 Å². The lowest BCUT2D eigenvalue weighted by molar-refractivity contribution is 0.518.